The Labute approximate surface area is 183 Å². The smallest absolute Gasteiger partial charge is 0.331 e. The van der Waals surface area contributed by atoms with Crippen LogP contribution in [0.15, 0.2) is 55.1 Å². The highest BCUT2D eigenvalue weighted by molar-refractivity contribution is 5.84. The first-order valence-electron chi connectivity index (χ1n) is 9.84. The van der Waals surface area contributed by atoms with Gasteiger partial charge in [0.1, 0.15) is 11.9 Å². The number of hydrogen-bond acceptors (Lipinski definition) is 5. The summed E-state index contributed by atoms with van der Waals surface area (Å²) in [6, 6.07) is 12.3. The van der Waals surface area contributed by atoms with Crippen molar-refractivity contribution in [2.45, 2.75) is 38.5 Å². The molecule has 0 aromatic heterocycles. The van der Waals surface area contributed by atoms with Crippen LogP contribution in [0, 0.1) is 0 Å². The molecule has 2 unspecified atom stereocenters. The molecule has 0 fully saturated rings. The van der Waals surface area contributed by atoms with E-state index >= 15 is 0 Å². The maximum atomic E-state index is 12.7. The Morgan fingerprint density at radius 3 is 2.29 bits per heavy atom. The fraction of sp³-hybridized carbons (Fsp3) is 0.333. The van der Waals surface area contributed by atoms with Gasteiger partial charge in [0.15, 0.2) is 6.04 Å². The predicted octanol–water partition coefficient (Wildman–Crippen LogP) is 3.54. The molecule has 0 aliphatic heterocycles. The lowest BCUT2D eigenvalue weighted by atomic mass is 9.92. The van der Waals surface area contributed by atoms with Crippen molar-refractivity contribution in [1.82, 2.24) is 10.6 Å². The number of esters is 1. The van der Waals surface area contributed by atoms with Crippen LogP contribution in [0.5, 0.6) is 5.75 Å². The number of ether oxygens (including phenoxy) is 2. The van der Waals surface area contributed by atoms with Gasteiger partial charge in [-0.2, -0.15) is 0 Å². The zero-order chi connectivity index (χ0) is 23.2. The van der Waals surface area contributed by atoms with Crippen molar-refractivity contribution in [1.29, 1.82) is 0 Å². The summed E-state index contributed by atoms with van der Waals surface area (Å²) in [4.78, 5) is 25.0. The molecule has 0 aliphatic rings. The number of carbonyl (C=O) groups excluding carboxylic acids is 2. The average molecular weight is 427 g/mol. The Balaban J connectivity index is 2.18. The quantitative estimate of drug-likeness (QED) is 0.561. The number of benzene rings is 2. The largest absolute Gasteiger partial charge is 0.497 e. The summed E-state index contributed by atoms with van der Waals surface area (Å²) < 4.78 is 9.89. The topological polar surface area (TPSA) is 96.9 Å². The monoisotopic (exact) mass is 426 g/mol. The highest BCUT2D eigenvalue weighted by Gasteiger charge is 2.32. The Morgan fingerprint density at radius 1 is 1.10 bits per heavy atom. The van der Waals surface area contributed by atoms with Gasteiger partial charge in [-0.3, -0.25) is 0 Å². The number of aliphatic hydroxyl groups excluding tert-OH is 1. The molecule has 2 atom stereocenters. The van der Waals surface area contributed by atoms with Crippen molar-refractivity contribution >= 4 is 17.6 Å². The third-order valence-electron chi connectivity index (χ3n) is 5.02. The van der Waals surface area contributed by atoms with Gasteiger partial charge in [-0.1, -0.05) is 42.5 Å². The molecule has 7 heteroatoms. The Bertz CT molecular complexity index is 937. The molecule has 0 aliphatic carbocycles. The SMILES string of the molecule is C=C(C)c1cccc(C(C)(C)NC(=O)NC(C(=O)OC)C(O)c2ccc(OC)cc2)c1. The third kappa shape index (κ3) is 6.08. The molecule has 31 heavy (non-hydrogen) atoms. The summed E-state index contributed by atoms with van der Waals surface area (Å²) in [6.45, 7) is 9.55. The molecule has 0 spiro atoms. The van der Waals surface area contributed by atoms with Gasteiger partial charge in [0.25, 0.3) is 0 Å². The number of amides is 2. The summed E-state index contributed by atoms with van der Waals surface area (Å²) >= 11 is 0. The Morgan fingerprint density at radius 2 is 1.74 bits per heavy atom. The molecule has 0 radical (unpaired) electrons. The van der Waals surface area contributed by atoms with Crippen LogP contribution in [0.3, 0.4) is 0 Å². The summed E-state index contributed by atoms with van der Waals surface area (Å²) in [6.07, 6.45) is -1.31. The van der Waals surface area contributed by atoms with Gasteiger partial charge in [-0.15, -0.1) is 0 Å². The molecule has 0 bridgehead atoms. The van der Waals surface area contributed by atoms with Crippen molar-refractivity contribution in [2.75, 3.05) is 14.2 Å². The minimum atomic E-state index is -1.31. The number of urea groups is 1. The second kappa shape index (κ2) is 10.1. The van der Waals surface area contributed by atoms with Crippen LogP contribution in [0.4, 0.5) is 4.79 Å². The molecule has 2 aromatic carbocycles. The van der Waals surface area contributed by atoms with Gasteiger partial charge in [0.2, 0.25) is 0 Å². The molecule has 2 rings (SSSR count). The lowest BCUT2D eigenvalue weighted by Gasteiger charge is -2.29. The first-order chi connectivity index (χ1) is 14.6. The fourth-order valence-electron chi connectivity index (χ4n) is 3.09. The third-order valence-corrected chi connectivity index (χ3v) is 5.02. The number of methoxy groups -OCH3 is 2. The van der Waals surface area contributed by atoms with Gasteiger partial charge < -0.3 is 25.2 Å². The van der Waals surface area contributed by atoms with Crippen LogP contribution < -0.4 is 15.4 Å². The lowest BCUT2D eigenvalue weighted by molar-refractivity contribution is -0.146. The maximum Gasteiger partial charge on any atom is 0.331 e. The van der Waals surface area contributed by atoms with Gasteiger partial charge in [0.05, 0.1) is 19.8 Å². The predicted molar refractivity (Wildman–Crippen MR) is 120 cm³/mol. The van der Waals surface area contributed by atoms with Gasteiger partial charge >= 0.3 is 12.0 Å². The van der Waals surface area contributed by atoms with E-state index in [2.05, 4.69) is 17.2 Å². The number of hydrogen-bond donors (Lipinski definition) is 3. The van der Waals surface area contributed by atoms with Crippen LogP contribution in [-0.4, -0.2) is 37.4 Å². The van der Waals surface area contributed by atoms with E-state index in [1.807, 2.05) is 45.0 Å². The van der Waals surface area contributed by atoms with Crippen molar-refractivity contribution < 1.29 is 24.2 Å². The molecule has 2 amide bonds. The van der Waals surface area contributed by atoms with E-state index in [1.165, 1.54) is 14.2 Å². The second-order valence-corrected chi connectivity index (χ2v) is 7.80. The maximum absolute atomic E-state index is 12.7. The second-order valence-electron chi connectivity index (χ2n) is 7.80. The van der Waals surface area contributed by atoms with E-state index in [1.54, 1.807) is 24.3 Å². The van der Waals surface area contributed by atoms with Crippen LogP contribution >= 0.6 is 0 Å². The van der Waals surface area contributed by atoms with Gasteiger partial charge in [-0.25, -0.2) is 9.59 Å². The molecule has 0 saturated heterocycles. The van der Waals surface area contributed by atoms with Crippen molar-refractivity contribution in [3.05, 3.63) is 71.8 Å². The van der Waals surface area contributed by atoms with E-state index in [4.69, 9.17) is 9.47 Å². The molecule has 0 heterocycles. The van der Waals surface area contributed by atoms with Crippen LogP contribution in [0.1, 0.15) is 43.6 Å². The summed E-state index contributed by atoms with van der Waals surface area (Å²) in [5, 5.41) is 16.1. The Hall–Kier alpha value is -3.32. The van der Waals surface area contributed by atoms with Crippen molar-refractivity contribution in [2.24, 2.45) is 0 Å². The number of nitrogens with one attached hydrogen (secondary N) is 2. The summed E-state index contributed by atoms with van der Waals surface area (Å²) in [5.41, 5.74) is 2.44. The fourth-order valence-corrected chi connectivity index (χ4v) is 3.09. The van der Waals surface area contributed by atoms with Gasteiger partial charge in [0, 0.05) is 0 Å². The highest BCUT2D eigenvalue weighted by atomic mass is 16.5. The van der Waals surface area contributed by atoms with E-state index in [9.17, 15) is 14.7 Å². The zero-order valence-electron chi connectivity index (χ0n) is 18.6. The van der Waals surface area contributed by atoms with Crippen molar-refractivity contribution in [3.8, 4) is 5.75 Å². The minimum absolute atomic E-state index is 0.435. The minimum Gasteiger partial charge on any atom is -0.497 e. The molecule has 3 N–H and O–H groups in total. The molecule has 0 saturated carbocycles. The number of carbonyl (C=O) groups is 2. The van der Waals surface area contributed by atoms with E-state index in [0.29, 0.717) is 11.3 Å². The molecular weight excluding hydrogens is 396 g/mol. The normalized spacial score (nSPS) is 13.0. The highest BCUT2D eigenvalue weighted by Crippen LogP contribution is 2.24. The van der Waals surface area contributed by atoms with Crippen molar-refractivity contribution in [3.63, 3.8) is 0 Å². The number of aliphatic hydroxyl groups is 1. The molecule has 2 aromatic rings. The van der Waals surface area contributed by atoms with E-state index in [0.717, 1.165) is 16.7 Å². The lowest BCUT2D eigenvalue weighted by Crippen LogP contribution is -2.53. The zero-order valence-corrected chi connectivity index (χ0v) is 18.6. The molecule has 7 nitrogen and oxygen atoms in total. The van der Waals surface area contributed by atoms with Crippen LogP contribution in [0.25, 0.3) is 5.57 Å². The van der Waals surface area contributed by atoms with E-state index < -0.39 is 29.7 Å². The first kappa shape index (κ1) is 24.0. The molecular formula is C24H30N2O5. The van der Waals surface area contributed by atoms with E-state index in [-0.39, 0.29) is 0 Å². The van der Waals surface area contributed by atoms with Crippen LogP contribution in [-0.2, 0) is 15.1 Å². The number of allylic oxidation sites excluding steroid dienone is 1. The molecule has 166 valence electrons. The standard InChI is InChI=1S/C24H30N2O5/c1-15(2)17-8-7-9-18(14-17)24(3,4)26-23(29)25-20(22(28)31-6)21(27)16-10-12-19(30-5)13-11-16/h7-14,20-21,27H,1H2,2-6H3,(H2,25,26,29). The number of rotatable bonds is 8. The Kier molecular flexibility index (Phi) is 7.83. The summed E-state index contributed by atoms with van der Waals surface area (Å²) in [7, 11) is 2.73. The first-order valence-corrected chi connectivity index (χ1v) is 9.84. The van der Waals surface area contributed by atoms with Crippen LogP contribution in [0.2, 0.25) is 0 Å². The average Bonchev–Trinajstić information content (AvgIpc) is 2.76. The summed E-state index contributed by atoms with van der Waals surface area (Å²) in [5.74, 6) is -0.157. The van der Waals surface area contributed by atoms with Gasteiger partial charge in [-0.05, 0) is 55.7 Å².